The normalized spacial score (nSPS) is 12.5. The number of rotatable bonds is 4. The van der Waals surface area contributed by atoms with Crippen molar-refractivity contribution in [2.24, 2.45) is 5.73 Å². The van der Waals surface area contributed by atoms with Gasteiger partial charge in [0.05, 0.1) is 0 Å². The van der Waals surface area contributed by atoms with E-state index in [1.165, 1.54) is 5.56 Å². The predicted molar refractivity (Wildman–Crippen MR) is 77.4 cm³/mol. The molecular weight excluding hydrogens is 236 g/mol. The van der Waals surface area contributed by atoms with E-state index in [1.807, 2.05) is 37.3 Å². The topological polar surface area (TPSA) is 48.1 Å². The fourth-order valence-corrected chi connectivity index (χ4v) is 1.88. The fourth-order valence-electron chi connectivity index (χ4n) is 1.88. The summed E-state index contributed by atoms with van der Waals surface area (Å²) in [6.07, 6.45) is 1.76. The molecule has 0 aliphatic heterocycles. The molecule has 0 fully saturated rings. The van der Waals surface area contributed by atoms with Crippen molar-refractivity contribution >= 4 is 0 Å². The molecule has 0 spiro atoms. The first-order chi connectivity index (χ1) is 9.08. The number of aromatic nitrogens is 1. The van der Waals surface area contributed by atoms with E-state index in [2.05, 4.69) is 24.9 Å². The van der Waals surface area contributed by atoms with Gasteiger partial charge in [-0.1, -0.05) is 38.1 Å². The van der Waals surface area contributed by atoms with E-state index in [-0.39, 0.29) is 6.04 Å². The van der Waals surface area contributed by atoms with Gasteiger partial charge < -0.3 is 10.5 Å². The molecular formula is C16H20N2O. The number of benzene rings is 1. The van der Waals surface area contributed by atoms with Gasteiger partial charge in [-0.05, 0) is 30.0 Å². The molecule has 0 bridgehead atoms. The maximum atomic E-state index is 5.85. The lowest BCUT2D eigenvalue weighted by Crippen LogP contribution is -2.05. The molecule has 2 N–H and O–H groups in total. The van der Waals surface area contributed by atoms with Gasteiger partial charge in [-0.25, -0.2) is 4.98 Å². The largest absolute Gasteiger partial charge is 0.439 e. The van der Waals surface area contributed by atoms with Crippen LogP contribution in [0.15, 0.2) is 42.6 Å². The van der Waals surface area contributed by atoms with Crippen LogP contribution in [-0.4, -0.2) is 4.98 Å². The number of para-hydroxylation sites is 1. The second-order valence-corrected chi connectivity index (χ2v) is 5.01. The molecule has 0 saturated heterocycles. The summed E-state index contributed by atoms with van der Waals surface area (Å²) in [6, 6.07) is 11.8. The average Bonchev–Trinajstić information content (AvgIpc) is 2.39. The van der Waals surface area contributed by atoms with Crippen LogP contribution >= 0.6 is 0 Å². The summed E-state index contributed by atoms with van der Waals surface area (Å²) in [4.78, 5) is 4.29. The highest BCUT2D eigenvalue weighted by Crippen LogP contribution is 2.29. The van der Waals surface area contributed by atoms with E-state index in [1.54, 1.807) is 6.20 Å². The highest BCUT2D eigenvalue weighted by Gasteiger charge is 2.08. The van der Waals surface area contributed by atoms with Gasteiger partial charge in [0.15, 0.2) is 0 Å². The molecule has 1 aromatic carbocycles. The Hall–Kier alpha value is -1.87. The molecule has 0 radical (unpaired) electrons. The Morgan fingerprint density at radius 3 is 2.37 bits per heavy atom. The molecule has 100 valence electrons. The van der Waals surface area contributed by atoms with E-state index in [4.69, 9.17) is 10.5 Å². The summed E-state index contributed by atoms with van der Waals surface area (Å²) in [5, 5.41) is 0. The van der Waals surface area contributed by atoms with Crippen LogP contribution in [0.1, 0.15) is 43.9 Å². The molecule has 1 aromatic heterocycles. The highest BCUT2D eigenvalue weighted by molar-refractivity contribution is 5.38. The van der Waals surface area contributed by atoms with Crippen LogP contribution in [0.3, 0.4) is 0 Å². The van der Waals surface area contributed by atoms with Crippen molar-refractivity contribution in [3.8, 4) is 11.6 Å². The van der Waals surface area contributed by atoms with Crippen LogP contribution in [0.25, 0.3) is 0 Å². The van der Waals surface area contributed by atoms with Crippen molar-refractivity contribution in [2.75, 3.05) is 0 Å². The third kappa shape index (κ3) is 3.32. The number of hydrogen-bond donors (Lipinski definition) is 1. The number of nitrogens with zero attached hydrogens (tertiary/aromatic N) is 1. The van der Waals surface area contributed by atoms with Crippen molar-refractivity contribution in [1.29, 1.82) is 0 Å². The summed E-state index contributed by atoms with van der Waals surface area (Å²) in [7, 11) is 0. The summed E-state index contributed by atoms with van der Waals surface area (Å²) in [6.45, 7) is 6.23. The van der Waals surface area contributed by atoms with Gasteiger partial charge in [0, 0.05) is 18.3 Å². The van der Waals surface area contributed by atoms with Crippen LogP contribution in [0.4, 0.5) is 0 Å². The van der Waals surface area contributed by atoms with E-state index < -0.39 is 0 Å². The Labute approximate surface area is 114 Å². The fraction of sp³-hybridized carbons (Fsp3) is 0.312. The smallest absolute Gasteiger partial charge is 0.219 e. The highest BCUT2D eigenvalue weighted by atomic mass is 16.5. The van der Waals surface area contributed by atoms with Crippen LogP contribution in [0.5, 0.6) is 11.6 Å². The first-order valence-corrected chi connectivity index (χ1v) is 6.56. The van der Waals surface area contributed by atoms with Gasteiger partial charge in [0.1, 0.15) is 5.75 Å². The van der Waals surface area contributed by atoms with Crippen molar-refractivity contribution in [1.82, 2.24) is 4.98 Å². The number of ether oxygens (including phenoxy) is 1. The molecule has 3 heteroatoms. The first kappa shape index (κ1) is 13.6. The molecule has 3 nitrogen and oxygen atoms in total. The molecule has 0 saturated carbocycles. The van der Waals surface area contributed by atoms with Gasteiger partial charge in [0.2, 0.25) is 5.88 Å². The molecule has 1 heterocycles. The van der Waals surface area contributed by atoms with Crippen molar-refractivity contribution in [2.45, 2.75) is 32.7 Å². The minimum Gasteiger partial charge on any atom is -0.439 e. The Bertz CT molecular complexity index is 533. The quantitative estimate of drug-likeness (QED) is 0.898. The van der Waals surface area contributed by atoms with E-state index in [0.29, 0.717) is 11.8 Å². The van der Waals surface area contributed by atoms with E-state index in [0.717, 1.165) is 11.3 Å². The predicted octanol–water partition coefficient (Wildman–Crippen LogP) is 4.02. The van der Waals surface area contributed by atoms with Crippen molar-refractivity contribution in [3.63, 3.8) is 0 Å². The standard InChI is InChI=1S/C16H20N2O/c1-11(2)14-6-4-5-7-15(14)19-16-9-8-13(10-18-16)12(3)17/h4-12H,17H2,1-3H3/t12-/m0/s1. The summed E-state index contributed by atoms with van der Waals surface area (Å²) < 4.78 is 5.85. The zero-order chi connectivity index (χ0) is 13.8. The van der Waals surface area contributed by atoms with Gasteiger partial charge in [-0.15, -0.1) is 0 Å². The Morgan fingerprint density at radius 1 is 1.05 bits per heavy atom. The monoisotopic (exact) mass is 256 g/mol. The van der Waals surface area contributed by atoms with E-state index in [9.17, 15) is 0 Å². The lowest BCUT2D eigenvalue weighted by atomic mass is 10.0. The van der Waals surface area contributed by atoms with Crippen LogP contribution < -0.4 is 10.5 Å². The Morgan fingerprint density at radius 2 is 1.79 bits per heavy atom. The van der Waals surface area contributed by atoms with Gasteiger partial charge in [0.25, 0.3) is 0 Å². The lowest BCUT2D eigenvalue weighted by molar-refractivity contribution is 0.454. The minimum atomic E-state index is -0.00972. The molecule has 0 unspecified atom stereocenters. The van der Waals surface area contributed by atoms with Crippen molar-refractivity contribution < 1.29 is 4.74 Å². The first-order valence-electron chi connectivity index (χ1n) is 6.56. The Kier molecular flexibility index (Phi) is 4.17. The molecule has 0 amide bonds. The number of hydrogen-bond acceptors (Lipinski definition) is 3. The molecule has 2 aromatic rings. The molecule has 0 aliphatic carbocycles. The average molecular weight is 256 g/mol. The van der Waals surface area contributed by atoms with Gasteiger partial charge in [-0.3, -0.25) is 0 Å². The summed E-state index contributed by atoms with van der Waals surface area (Å²) in [5.41, 5.74) is 7.98. The molecule has 19 heavy (non-hydrogen) atoms. The molecule has 1 atom stereocenters. The third-order valence-electron chi connectivity index (χ3n) is 3.04. The zero-order valence-electron chi connectivity index (χ0n) is 11.6. The maximum absolute atomic E-state index is 5.85. The molecule has 0 aliphatic rings. The zero-order valence-corrected chi connectivity index (χ0v) is 11.6. The van der Waals surface area contributed by atoms with Gasteiger partial charge in [-0.2, -0.15) is 0 Å². The third-order valence-corrected chi connectivity index (χ3v) is 3.04. The second-order valence-electron chi connectivity index (χ2n) is 5.01. The molecule has 2 rings (SSSR count). The SMILES string of the molecule is CC(C)c1ccccc1Oc1ccc([C@H](C)N)cn1. The van der Waals surface area contributed by atoms with Crippen LogP contribution in [-0.2, 0) is 0 Å². The summed E-state index contributed by atoms with van der Waals surface area (Å²) in [5.74, 6) is 1.87. The summed E-state index contributed by atoms with van der Waals surface area (Å²) >= 11 is 0. The maximum Gasteiger partial charge on any atom is 0.219 e. The number of nitrogens with two attached hydrogens (primary N) is 1. The Balaban J connectivity index is 2.21. The van der Waals surface area contributed by atoms with Crippen molar-refractivity contribution in [3.05, 3.63) is 53.7 Å². The van der Waals surface area contributed by atoms with Crippen LogP contribution in [0, 0.1) is 0 Å². The van der Waals surface area contributed by atoms with E-state index >= 15 is 0 Å². The van der Waals surface area contributed by atoms with Gasteiger partial charge >= 0.3 is 0 Å². The lowest BCUT2D eigenvalue weighted by Gasteiger charge is -2.13. The number of pyridine rings is 1. The minimum absolute atomic E-state index is 0.00972. The van der Waals surface area contributed by atoms with Crippen LogP contribution in [0.2, 0.25) is 0 Å². The second kappa shape index (κ2) is 5.85.